The van der Waals surface area contributed by atoms with E-state index >= 15 is 0 Å². The van der Waals surface area contributed by atoms with E-state index in [-0.39, 0.29) is 4.21 Å². The Labute approximate surface area is 107 Å². The van der Waals surface area contributed by atoms with Crippen LogP contribution in [0.1, 0.15) is 16.9 Å². The number of nitrogens with one attached hydrogen (secondary N) is 1. The highest BCUT2D eigenvalue weighted by molar-refractivity contribution is 7.92. The molecule has 0 bridgehead atoms. The van der Waals surface area contributed by atoms with Crippen molar-refractivity contribution in [2.75, 3.05) is 0 Å². The van der Waals surface area contributed by atoms with Gasteiger partial charge in [0, 0.05) is 11.3 Å². The normalized spacial score (nSPS) is 21.7. The highest BCUT2D eigenvalue weighted by atomic mass is 32.2. The molecule has 0 saturated heterocycles. The molecule has 1 atom stereocenters. The van der Waals surface area contributed by atoms with E-state index in [1.165, 1.54) is 6.07 Å². The van der Waals surface area contributed by atoms with Gasteiger partial charge in [-0.25, -0.2) is 21.9 Å². The summed E-state index contributed by atoms with van der Waals surface area (Å²) in [6.07, 6.45) is -0.586. The third kappa shape index (κ3) is 2.39. The number of aryl methyl sites for hydroxylation is 2. The molecule has 1 saturated carbocycles. The van der Waals surface area contributed by atoms with Crippen LogP contribution in [0.25, 0.3) is 0 Å². The lowest BCUT2D eigenvalue weighted by molar-refractivity contribution is -0.122. The molecule has 0 spiro atoms. The van der Waals surface area contributed by atoms with Crippen molar-refractivity contribution >= 4 is 27.3 Å². The lowest BCUT2D eigenvalue weighted by Gasteiger charge is -2.03. The predicted molar refractivity (Wildman–Crippen MR) is 62.2 cm³/mol. The average Bonchev–Trinajstić information content (AvgIpc) is 2.72. The zero-order valence-electron chi connectivity index (χ0n) is 9.66. The standard InChI is InChI=1S/C10H11F2NO3S2/c1-5-3-8(17-6(5)2)18(15,16)13-9(14)7-4-10(7,11)12/h3,7H,4H2,1-2H3,(H,13,14). The summed E-state index contributed by atoms with van der Waals surface area (Å²) in [7, 11) is -4.03. The lowest BCUT2D eigenvalue weighted by Crippen LogP contribution is -2.32. The van der Waals surface area contributed by atoms with Crippen molar-refractivity contribution in [2.45, 2.75) is 30.4 Å². The summed E-state index contributed by atoms with van der Waals surface area (Å²) in [5.74, 6) is -5.72. The van der Waals surface area contributed by atoms with Gasteiger partial charge in [-0.1, -0.05) is 0 Å². The minimum atomic E-state index is -4.03. The summed E-state index contributed by atoms with van der Waals surface area (Å²) >= 11 is 1.01. The molecule has 1 aliphatic carbocycles. The zero-order valence-corrected chi connectivity index (χ0v) is 11.3. The van der Waals surface area contributed by atoms with Crippen LogP contribution in [0.4, 0.5) is 8.78 Å². The summed E-state index contributed by atoms with van der Waals surface area (Å²) in [5, 5.41) is 0. The van der Waals surface area contributed by atoms with Crippen molar-refractivity contribution in [3.8, 4) is 0 Å². The maximum Gasteiger partial charge on any atom is 0.273 e. The van der Waals surface area contributed by atoms with Crippen LogP contribution in [-0.2, 0) is 14.8 Å². The summed E-state index contributed by atoms with van der Waals surface area (Å²) in [6, 6.07) is 1.42. The van der Waals surface area contributed by atoms with Crippen molar-refractivity contribution in [1.82, 2.24) is 4.72 Å². The highest BCUT2D eigenvalue weighted by Crippen LogP contribution is 2.48. The predicted octanol–water partition coefficient (Wildman–Crippen LogP) is 1.83. The third-order valence-electron chi connectivity index (χ3n) is 2.79. The quantitative estimate of drug-likeness (QED) is 0.925. The van der Waals surface area contributed by atoms with Gasteiger partial charge in [0.05, 0.1) is 0 Å². The zero-order chi connectivity index (χ0) is 13.7. The molecule has 18 heavy (non-hydrogen) atoms. The Kier molecular flexibility index (Phi) is 2.97. The maximum absolute atomic E-state index is 12.6. The Morgan fingerprint density at radius 1 is 1.50 bits per heavy atom. The van der Waals surface area contributed by atoms with Crippen molar-refractivity contribution in [3.05, 3.63) is 16.5 Å². The number of carbonyl (C=O) groups excluding carboxylic acids is 1. The first-order valence-corrected chi connectivity index (χ1v) is 7.45. The van der Waals surface area contributed by atoms with Crippen molar-refractivity contribution in [3.63, 3.8) is 0 Å². The van der Waals surface area contributed by atoms with Crippen LogP contribution in [0.2, 0.25) is 0 Å². The Hall–Kier alpha value is -1.02. The van der Waals surface area contributed by atoms with Gasteiger partial charge in [0.2, 0.25) is 5.91 Å². The minimum Gasteiger partial charge on any atom is -0.273 e. The molecule has 1 heterocycles. The number of halogens is 2. The first-order chi connectivity index (χ1) is 8.13. The molecular weight excluding hydrogens is 284 g/mol. The van der Waals surface area contributed by atoms with Crippen LogP contribution in [0.3, 0.4) is 0 Å². The van der Waals surface area contributed by atoms with E-state index in [1.54, 1.807) is 18.6 Å². The van der Waals surface area contributed by atoms with Crippen LogP contribution in [0.15, 0.2) is 10.3 Å². The van der Waals surface area contributed by atoms with Crippen LogP contribution in [0.5, 0.6) is 0 Å². The second-order valence-corrected chi connectivity index (χ2v) is 7.46. The van der Waals surface area contributed by atoms with Crippen molar-refractivity contribution in [2.24, 2.45) is 5.92 Å². The van der Waals surface area contributed by atoms with Gasteiger partial charge in [0.15, 0.2) is 0 Å². The molecule has 4 nitrogen and oxygen atoms in total. The molecule has 0 radical (unpaired) electrons. The summed E-state index contributed by atoms with van der Waals surface area (Å²) in [4.78, 5) is 12.1. The van der Waals surface area contributed by atoms with Gasteiger partial charge in [-0.2, -0.15) is 0 Å². The minimum absolute atomic E-state index is 0.0326. The topological polar surface area (TPSA) is 63.2 Å². The van der Waals surface area contributed by atoms with E-state index in [9.17, 15) is 22.0 Å². The number of amides is 1. The molecule has 2 rings (SSSR count). The number of carbonyl (C=O) groups is 1. The van der Waals surface area contributed by atoms with E-state index < -0.39 is 34.2 Å². The van der Waals surface area contributed by atoms with Gasteiger partial charge in [-0.05, 0) is 25.5 Å². The molecule has 8 heteroatoms. The molecule has 1 aromatic rings. The summed E-state index contributed by atoms with van der Waals surface area (Å²) in [6.45, 7) is 3.48. The highest BCUT2D eigenvalue weighted by Gasteiger charge is 2.61. The van der Waals surface area contributed by atoms with E-state index in [2.05, 4.69) is 0 Å². The molecule has 0 aromatic carbocycles. The van der Waals surface area contributed by atoms with Crippen molar-refractivity contribution < 1.29 is 22.0 Å². The van der Waals surface area contributed by atoms with E-state index in [1.807, 2.05) is 0 Å². The fourth-order valence-corrected chi connectivity index (χ4v) is 3.96. The largest absolute Gasteiger partial charge is 0.273 e. The molecule has 1 fully saturated rings. The number of thiophene rings is 1. The molecule has 0 aliphatic heterocycles. The number of hydrogen-bond donors (Lipinski definition) is 1. The summed E-state index contributed by atoms with van der Waals surface area (Å²) in [5.41, 5.74) is 0.782. The lowest BCUT2D eigenvalue weighted by atomic mass is 10.3. The maximum atomic E-state index is 12.6. The Morgan fingerprint density at radius 3 is 2.44 bits per heavy atom. The smallest absolute Gasteiger partial charge is 0.273 e. The van der Waals surface area contributed by atoms with Gasteiger partial charge < -0.3 is 0 Å². The van der Waals surface area contributed by atoms with Gasteiger partial charge in [-0.3, -0.25) is 4.79 Å². The van der Waals surface area contributed by atoms with Crippen LogP contribution < -0.4 is 4.72 Å². The van der Waals surface area contributed by atoms with E-state index in [0.29, 0.717) is 0 Å². The number of sulfonamides is 1. The molecule has 1 unspecified atom stereocenters. The SMILES string of the molecule is Cc1cc(S(=O)(=O)NC(=O)C2CC2(F)F)sc1C. The van der Waals surface area contributed by atoms with Crippen molar-refractivity contribution in [1.29, 1.82) is 0 Å². The number of hydrogen-bond acceptors (Lipinski definition) is 4. The molecule has 100 valence electrons. The van der Waals surface area contributed by atoms with Gasteiger partial charge >= 0.3 is 0 Å². The van der Waals surface area contributed by atoms with Gasteiger partial charge in [-0.15, -0.1) is 11.3 Å². The number of rotatable bonds is 3. The molecule has 1 aliphatic rings. The molecule has 1 amide bonds. The van der Waals surface area contributed by atoms with E-state index in [0.717, 1.165) is 21.8 Å². The van der Waals surface area contributed by atoms with E-state index in [4.69, 9.17) is 0 Å². The average molecular weight is 295 g/mol. The van der Waals surface area contributed by atoms with Gasteiger partial charge in [0.25, 0.3) is 15.9 Å². The second kappa shape index (κ2) is 3.99. The fraction of sp³-hybridized carbons (Fsp3) is 0.500. The van der Waals surface area contributed by atoms with Crippen LogP contribution in [0, 0.1) is 19.8 Å². The Morgan fingerprint density at radius 2 is 2.06 bits per heavy atom. The fourth-order valence-electron chi connectivity index (χ4n) is 1.42. The van der Waals surface area contributed by atoms with Crippen LogP contribution in [-0.4, -0.2) is 20.2 Å². The monoisotopic (exact) mass is 295 g/mol. The third-order valence-corrected chi connectivity index (χ3v) is 5.76. The Balaban J connectivity index is 2.16. The molecular formula is C10H11F2NO3S2. The first kappa shape index (κ1) is 13.4. The summed E-state index contributed by atoms with van der Waals surface area (Å²) < 4.78 is 50.5. The molecule has 1 aromatic heterocycles. The first-order valence-electron chi connectivity index (χ1n) is 5.15. The number of alkyl halides is 2. The molecule has 1 N–H and O–H groups in total. The Bertz CT molecular complexity index is 587. The van der Waals surface area contributed by atoms with Crippen LogP contribution >= 0.6 is 11.3 Å². The van der Waals surface area contributed by atoms with Gasteiger partial charge in [0.1, 0.15) is 10.1 Å². The second-order valence-electron chi connectivity index (χ2n) is 4.29.